The summed E-state index contributed by atoms with van der Waals surface area (Å²) in [5, 5.41) is 3.00. The predicted octanol–water partition coefficient (Wildman–Crippen LogP) is 4.62. The fourth-order valence-electron chi connectivity index (χ4n) is 4.42. The lowest BCUT2D eigenvalue weighted by Crippen LogP contribution is -2.47. The number of imide groups is 1. The van der Waals surface area contributed by atoms with Crippen LogP contribution in [0.25, 0.3) is 11.0 Å². The van der Waals surface area contributed by atoms with Gasteiger partial charge in [0.15, 0.2) is 5.54 Å². The van der Waals surface area contributed by atoms with Crippen molar-refractivity contribution < 1.29 is 9.59 Å². The summed E-state index contributed by atoms with van der Waals surface area (Å²) < 4.78 is 0. The van der Waals surface area contributed by atoms with Gasteiger partial charge in [-0.05, 0) is 42.7 Å². The van der Waals surface area contributed by atoms with Crippen molar-refractivity contribution in [3.05, 3.63) is 101 Å². The predicted molar refractivity (Wildman–Crippen MR) is 123 cm³/mol. The van der Waals surface area contributed by atoms with Crippen LogP contribution in [0, 0.1) is 6.92 Å². The summed E-state index contributed by atoms with van der Waals surface area (Å²) in [6.45, 7) is 3.87. The van der Waals surface area contributed by atoms with Crippen molar-refractivity contribution in [2.24, 2.45) is 0 Å². The van der Waals surface area contributed by atoms with Crippen molar-refractivity contribution in [3.8, 4) is 0 Å². The Bertz CT molecular complexity index is 1300. The molecule has 1 aliphatic heterocycles. The van der Waals surface area contributed by atoms with Gasteiger partial charge in [-0.3, -0.25) is 9.69 Å². The monoisotopic (exact) mass is 424 g/mol. The van der Waals surface area contributed by atoms with Crippen LogP contribution in [0.15, 0.2) is 78.9 Å². The van der Waals surface area contributed by atoms with Gasteiger partial charge in [0.05, 0.1) is 17.1 Å². The van der Waals surface area contributed by atoms with Gasteiger partial charge in [-0.25, -0.2) is 9.78 Å². The Balaban J connectivity index is 1.63. The number of carbonyl (C=O) groups excluding carboxylic acids is 2. The summed E-state index contributed by atoms with van der Waals surface area (Å²) in [7, 11) is 0. The van der Waals surface area contributed by atoms with E-state index in [0.29, 0.717) is 12.2 Å². The van der Waals surface area contributed by atoms with Gasteiger partial charge < -0.3 is 10.3 Å². The molecule has 2 N–H and O–H groups in total. The fourth-order valence-corrected chi connectivity index (χ4v) is 4.42. The zero-order chi connectivity index (χ0) is 22.3. The zero-order valence-corrected chi connectivity index (χ0v) is 18.0. The Labute approximate surface area is 186 Å². The SMILES string of the molecule is Cc1ccc2nc([C@@]3(Cc4ccccc4)NC(=O)N([C@H](C)c4ccccc4)C3=O)[nH]c2c1. The smallest absolute Gasteiger partial charge is 0.325 e. The third-order valence-corrected chi connectivity index (χ3v) is 6.15. The topological polar surface area (TPSA) is 78.1 Å². The fraction of sp³-hybridized carbons (Fsp3) is 0.192. The van der Waals surface area contributed by atoms with E-state index in [0.717, 1.165) is 27.7 Å². The average Bonchev–Trinajstić information content (AvgIpc) is 3.33. The summed E-state index contributed by atoms with van der Waals surface area (Å²) in [4.78, 5) is 36.6. The number of nitrogens with zero attached hydrogens (tertiary/aromatic N) is 2. The van der Waals surface area contributed by atoms with Crippen LogP contribution in [0.3, 0.4) is 0 Å². The number of aryl methyl sites for hydroxylation is 1. The molecule has 0 aliphatic carbocycles. The van der Waals surface area contributed by atoms with Gasteiger partial charge in [0.2, 0.25) is 0 Å². The Morgan fingerprint density at radius 1 is 0.969 bits per heavy atom. The summed E-state index contributed by atoms with van der Waals surface area (Å²) in [5.41, 5.74) is 3.21. The first-order chi connectivity index (χ1) is 15.5. The number of aromatic nitrogens is 2. The Hall–Kier alpha value is -3.93. The third-order valence-electron chi connectivity index (χ3n) is 6.15. The van der Waals surface area contributed by atoms with Crippen LogP contribution in [-0.4, -0.2) is 26.8 Å². The molecular weight excluding hydrogens is 400 g/mol. The third kappa shape index (κ3) is 3.24. The highest BCUT2D eigenvalue weighted by Crippen LogP contribution is 2.36. The van der Waals surface area contributed by atoms with Crippen molar-refractivity contribution in [1.29, 1.82) is 0 Å². The van der Waals surface area contributed by atoms with Crippen molar-refractivity contribution in [2.45, 2.75) is 31.8 Å². The lowest BCUT2D eigenvalue weighted by atomic mass is 9.89. The van der Waals surface area contributed by atoms with Crippen LogP contribution in [0.5, 0.6) is 0 Å². The molecule has 1 saturated heterocycles. The van der Waals surface area contributed by atoms with Crippen molar-refractivity contribution in [1.82, 2.24) is 20.2 Å². The van der Waals surface area contributed by atoms with E-state index in [2.05, 4.69) is 10.3 Å². The highest BCUT2D eigenvalue weighted by Gasteiger charge is 2.55. The molecule has 32 heavy (non-hydrogen) atoms. The summed E-state index contributed by atoms with van der Waals surface area (Å²) in [6, 6.07) is 24.3. The lowest BCUT2D eigenvalue weighted by molar-refractivity contribution is -0.133. The number of carbonyl (C=O) groups is 2. The molecule has 1 aromatic heterocycles. The van der Waals surface area contributed by atoms with Gasteiger partial charge in [-0.2, -0.15) is 0 Å². The van der Waals surface area contributed by atoms with E-state index in [-0.39, 0.29) is 5.91 Å². The molecule has 6 heteroatoms. The molecule has 160 valence electrons. The molecule has 0 unspecified atom stereocenters. The van der Waals surface area contributed by atoms with Crippen LogP contribution < -0.4 is 5.32 Å². The van der Waals surface area contributed by atoms with Gasteiger partial charge >= 0.3 is 6.03 Å². The molecule has 0 saturated carbocycles. The normalized spacial score (nSPS) is 19.4. The van der Waals surface area contributed by atoms with Crippen LogP contribution in [0.1, 0.15) is 35.5 Å². The van der Waals surface area contributed by atoms with Gasteiger partial charge in [0, 0.05) is 6.42 Å². The van der Waals surface area contributed by atoms with E-state index in [1.54, 1.807) is 0 Å². The molecule has 0 bridgehead atoms. The molecule has 6 nitrogen and oxygen atoms in total. The Morgan fingerprint density at radius 2 is 1.66 bits per heavy atom. The highest BCUT2D eigenvalue weighted by molar-refractivity contribution is 6.08. The molecular formula is C26H24N4O2. The standard InChI is InChI=1S/C26H24N4O2/c1-17-13-14-21-22(15-17)28-23(27-21)26(16-19-9-5-3-6-10-19)24(31)30(25(32)29-26)18(2)20-11-7-4-8-12-20/h3-15,18H,16H2,1-2H3,(H,27,28)(H,29,32)/t18-,26-/m1/s1. The van der Waals surface area contributed by atoms with Crippen LogP contribution >= 0.6 is 0 Å². The van der Waals surface area contributed by atoms with E-state index in [1.165, 1.54) is 4.90 Å². The largest absolute Gasteiger partial charge is 0.340 e. The number of rotatable bonds is 5. The molecule has 3 aromatic carbocycles. The lowest BCUT2D eigenvalue weighted by Gasteiger charge is -2.27. The van der Waals surface area contributed by atoms with Crippen molar-refractivity contribution in [2.75, 3.05) is 0 Å². The molecule has 0 radical (unpaired) electrons. The molecule has 5 rings (SSSR count). The second-order valence-electron chi connectivity index (χ2n) is 8.37. The summed E-state index contributed by atoms with van der Waals surface area (Å²) >= 11 is 0. The van der Waals surface area contributed by atoms with E-state index < -0.39 is 17.6 Å². The maximum atomic E-state index is 14.0. The molecule has 1 aliphatic rings. The van der Waals surface area contributed by atoms with Crippen LogP contribution in [-0.2, 0) is 16.8 Å². The molecule has 4 aromatic rings. The molecule has 3 amide bonds. The van der Waals surface area contributed by atoms with Gasteiger partial charge in [0.1, 0.15) is 5.82 Å². The van der Waals surface area contributed by atoms with Gasteiger partial charge in [-0.15, -0.1) is 0 Å². The minimum atomic E-state index is -1.31. The number of nitrogens with one attached hydrogen (secondary N) is 2. The van der Waals surface area contributed by atoms with Gasteiger partial charge in [0.25, 0.3) is 5.91 Å². The molecule has 2 heterocycles. The number of hydrogen-bond acceptors (Lipinski definition) is 3. The molecule has 2 atom stereocenters. The van der Waals surface area contributed by atoms with Crippen molar-refractivity contribution in [3.63, 3.8) is 0 Å². The second kappa shape index (κ2) is 7.64. The number of benzene rings is 3. The molecule has 0 spiro atoms. The quantitative estimate of drug-likeness (QED) is 0.459. The maximum absolute atomic E-state index is 14.0. The van der Waals surface area contributed by atoms with E-state index in [4.69, 9.17) is 4.98 Å². The number of imidazole rings is 1. The van der Waals surface area contributed by atoms with E-state index >= 15 is 0 Å². The first-order valence-electron chi connectivity index (χ1n) is 10.7. The molecule has 1 fully saturated rings. The summed E-state index contributed by atoms with van der Waals surface area (Å²) in [6.07, 6.45) is 0.301. The first kappa shape index (κ1) is 20.0. The number of H-pyrrole nitrogens is 1. The number of fused-ring (bicyclic) bond motifs is 1. The summed E-state index contributed by atoms with van der Waals surface area (Å²) in [5.74, 6) is 0.140. The average molecular weight is 425 g/mol. The van der Waals surface area contributed by atoms with E-state index in [9.17, 15) is 9.59 Å². The maximum Gasteiger partial charge on any atom is 0.325 e. The zero-order valence-electron chi connectivity index (χ0n) is 18.0. The Morgan fingerprint density at radius 3 is 2.38 bits per heavy atom. The highest BCUT2D eigenvalue weighted by atomic mass is 16.2. The second-order valence-corrected chi connectivity index (χ2v) is 8.37. The van der Waals surface area contributed by atoms with Gasteiger partial charge in [-0.1, -0.05) is 66.7 Å². The van der Waals surface area contributed by atoms with E-state index in [1.807, 2.05) is 92.7 Å². The van der Waals surface area contributed by atoms with Crippen molar-refractivity contribution >= 4 is 23.0 Å². The number of aromatic amines is 1. The van der Waals surface area contributed by atoms with Crippen LogP contribution in [0.2, 0.25) is 0 Å². The number of urea groups is 1. The minimum absolute atomic E-state index is 0.301. The first-order valence-corrected chi connectivity index (χ1v) is 10.7. The Kier molecular flexibility index (Phi) is 4.78. The van der Waals surface area contributed by atoms with Crippen LogP contribution in [0.4, 0.5) is 4.79 Å². The minimum Gasteiger partial charge on any atom is -0.340 e. The number of amides is 3. The number of hydrogen-bond donors (Lipinski definition) is 2.